The Labute approximate surface area is 156 Å². The van der Waals surface area contributed by atoms with Gasteiger partial charge in [0.25, 0.3) is 0 Å². The van der Waals surface area contributed by atoms with Gasteiger partial charge >= 0.3 is 0 Å². The van der Waals surface area contributed by atoms with Crippen molar-refractivity contribution in [1.29, 1.82) is 5.26 Å². The number of fused-ring (bicyclic) bond motifs is 6. The van der Waals surface area contributed by atoms with Crippen LogP contribution in [0, 0.1) is 11.3 Å². The molecule has 1 aliphatic carbocycles. The highest BCUT2D eigenvalue weighted by Gasteiger charge is 2.46. The summed E-state index contributed by atoms with van der Waals surface area (Å²) >= 11 is 0. The van der Waals surface area contributed by atoms with Crippen LogP contribution in [0.25, 0.3) is 10.9 Å². The number of ketones is 1. The van der Waals surface area contributed by atoms with Gasteiger partial charge in [0, 0.05) is 40.8 Å². The minimum absolute atomic E-state index is 0.0238. The lowest BCUT2D eigenvalue weighted by atomic mass is 9.64. The molecule has 0 unspecified atom stereocenters. The molecule has 5 rings (SSSR count). The Bertz CT molecular complexity index is 1130. The van der Waals surface area contributed by atoms with Crippen LogP contribution in [0.15, 0.2) is 36.4 Å². The summed E-state index contributed by atoms with van der Waals surface area (Å²) in [5.41, 5.74) is 4.52. The largest absolute Gasteiger partial charge is 0.497 e. The summed E-state index contributed by atoms with van der Waals surface area (Å²) in [6, 6.07) is 13.3. The van der Waals surface area contributed by atoms with E-state index in [-0.39, 0.29) is 11.2 Å². The lowest BCUT2D eigenvalue weighted by Crippen LogP contribution is -2.40. The van der Waals surface area contributed by atoms with Gasteiger partial charge in [0.1, 0.15) is 5.75 Å². The lowest BCUT2D eigenvalue weighted by Gasteiger charge is -2.41. The molecule has 0 amide bonds. The Balaban J connectivity index is 1.85. The van der Waals surface area contributed by atoms with Crippen LogP contribution < -0.4 is 4.74 Å². The van der Waals surface area contributed by atoms with Crippen molar-refractivity contribution >= 4 is 16.7 Å². The number of nitrogens with one attached hydrogen (secondary N) is 1. The number of nitrogens with zero attached hydrogens (tertiary/aromatic N) is 1. The minimum atomic E-state index is -0.308. The second kappa shape index (κ2) is 5.70. The molecule has 0 radical (unpaired) electrons. The fourth-order valence-electron chi connectivity index (χ4n) is 4.61. The van der Waals surface area contributed by atoms with Crippen molar-refractivity contribution < 1.29 is 14.3 Å². The Morgan fingerprint density at radius 3 is 2.74 bits per heavy atom. The summed E-state index contributed by atoms with van der Waals surface area (Å²) in [5, 5.41) is 10.1. The van der Waals surface area contributed by atoms with E-state index >= 15 is 0 Å². The molecule has 134 valence electrons. The summed E-state index contributed by atoms with van der Waals surface area (Å²) in [7, 11) is 1.64. The quantitative estimate of drug-likeness (QED) is 0.720. The summed E-state index contributed by atoms with van der Waals surface area (Å²) in [4.78, 5) is 16.9. The number of benzene rings is 2. The third-order valence-corrected chi connectivity index (χ3v) is 5.97. The number of hydrogen-bond donors (Lipinski definition) is 1. The molecule has 2 heterocycles. The second-order valence-electron chi connectivity index (χ2n) is 7.18. The first-order valence-electron chi connectivity index (χ1n) is 9.05. The van der Waals surface area contributed by atoms with Crippen LogP contribution in [-0.4, -0.2) is 31.1 Å². The number of ether oxygens (including phenoxy) is 2. The van der Waals surface area contributed by atoms with E-state index in [4.69, 9.17) is 9.47 Å². The van der Waals surface area contributed by atoms with Crippen molar-refractivity contribution in [3.05, 3.63) is 64.3 Å². The molecule has 5 heteroatoms. The second-order valence-corrected chi connectivity index (χ2v) is 7.18. The van der Waals surface area contributed by atoms with Crippen molar-refractivity contribution in [2.24, 2.45) is 0 Å². The first-order valence-corrected chi connectivity index (χ1v) is 9.05. The number of aromatic amines is 1. The number of nitriles is 1. The monoisotopic (exact) mass is 358 g/mol. The molecular weight excluding hydrogens is 340 g/mol. The topological polar surface area (TPSA) is 75.1 Å². The van der Waals surface area contributed by atoms with Crippen LogP contribution in [-0.2, 0) is 10.2 Å². The standard InChI is InChI=1S/C22H18N2O3/c1-26-14-3-5-15-17(11-14)22(6-8-27-9-7-22)21-19(20(15)25)16-4-2-13(12-23)10-18(16)24-21/h2-5,10-11,24H,6-9H2,1H3. The molecule has 0 atom stereocenters. The molecule has 1 spiro atoms. The van der Waals surface area contributed by atoms with E-state index in [2.05, 4.69) is 11.1 Å². The van der Waals surface area contributed by atoms with E-state index < -0.39 is 0 Å². The maximum Gasteiger partial charge on any atom is 0.195 e. The third kappa shape index (κ3) is 2.11. The van der Waals surface area contributed by atoms with Crippen molar-refractivity contribution in [2.45, 2.75) is 18.3 Å². The molecule has 1 fully saturated rings. The number of hydrogen-bond acceptors (Lipinski definition) is 4. The van der Waals surface area contributed by atoms with Crippen LogP contribution in [0.2, 0.25) is 0 Å². The molecule has 1 aliphatic heterocycles. The van der Waals surface area contributed by atoms with E-state index in [1.807, 2.05) is 30.3 Å². The average molecular weight is 358 g/mol. The van der Waals surface area contributed by atoms with Gasteiger partial charge in [0.15, 0.2) is 5.78 Å². The molecule has 1 aromatic heterocycles. The molecule has 5 nitrogen and oxygen atoms in total. The van der Waals surface area contributed by atoms with Gasteiger partial charge in [0.2, 0.25) is 0 Å². The molecule has 3 aromatic rings. The van der Waals surface area contributed by atoms with Crippen LogP contribution in [0.5, 0.6) is 5.75 Å². The molecule has 2 aromatic carbocycles. The predicted molar refractivity (Wildman–Crippen MR) is 100 cm³/mol. The van der Waals surface area contributed by atoms with Crippen molar-refractivity contribution in [1.82, 2.24) is 4.98 Å². The fourth-order valence-corrected chi connectivity index (χ4v) is 4.61. The smallest absolute Gasteiger partial charge is 0.195 e. The van der Waals surface area contributed by atoms with Gasteiger partial charge in [-0.25, -0.2) is 0 Å². The zero-order valence-corrected chi connectivity index (χ0v) is 15.0. The van der Waals surface area contributed by atoms with Crippen LogP contribution in [0.1, 0.15) is 45.6 Å². The van der Waals surface area contributed by atoms with Crippen molar-refractivity contribution in [3.8, 4) is 11.8 Å². The third-order valence-electron chi connectivity index (χ3n) is 5.97. The van der Waals surface area contributed by atoms with Gasteiger partial charge in [-0.1, -0.05) is 6.07 Å². The zero-order valence-electron chi connectivity index (χ0n) is 15.0. The Morgan fingerprint density at radius 2 is 2.00 bits per heavy atom. The first-order chi connectivity index (χ1) is 13.2. The molecule has 0 saturated carbocycles. The summed E-state index contributed by atoms with van der Waals surface area (Å²) in [6.45, 7) is 1.28. The average Bonchev–Trinajstić information content (AvgIpc) is 3.12. The molecule has 0 bridgehead atoms. The number of aromatic nitrogens is 1. The van der Waals surface area contributed by atoms with Crippen LogP contribution in [0.3, 0.4) is 0 Å². The summed E-state index contributed by atoms with van der Waals surface area (Å²) < 4.78 is 11.1. The predicted octanol–water partition coefficient (Wildman–Crippen LogP) is 3.69. The van der Waals surface area contributed by atoms with Crippen LogP contribution in [0.4, 0.5) is 0 Å². The molecule has 2 aliphatic rings. The van der Waals surface area contributed by atoms with E-state index in [1.54, 1.807) is 13.2 Å². The fraction of sp³-hybridized carbons (Fsp3) is 0.273. The van der Waals surface area contributed by atoms with E-state index in [9.17, 15) is 10.1 Å². The van der Waals surface area contributed by atoms with Gasteiger partial charge in [-0.2, -0.15) is 5.26 Å². The Morgan fingerprint density at radius 1 is 1.19 bits per heavy atom. The number of carbonyl (C=O) groups excluding carboxylic acids is 1. The highest BCUT2D eigenvalue weighted by Crippen LogP contribution is 2.50. The SMILES string of the molecule is COc1ccc2c(c1)C1(CCOCC1)c1[nH]c3cc(C#N)ccc3c1C2=O. The minimum Gasteiger partial charge on any atom is -0.497 e. The van der Waals surface area contributed by atoms with E-state index in [0.29, 0.717) is 18.8 Å². The first kappa shape index (κ1) is 16.1. The molecular formula is C22H18N2O3. The normalized spacial score (nSPS) is 17.4. The van der Waals surface area contributed by atoms with Gasteiger partial charge in [0.05, 0.1) is 24.3 Å². The highest BCUT2D eigenvalue weighted by atomic mass is 16.5. The van der Waals surface area contributed by atoms with E-state index in [0.717, 1.165) is 51.9 Å². The molecule has 1 N–H and O–H groups in total. The number of rotatable bonds is 1. The number of H-pyrrole nitrogens is 1. The van der Waals surface area contributed by atoms with Crippen molar-refractivity contribution in [3.63, 3.8) is 0 Å². The summed E-state index contributed by atoms with van der Waals surface area (Å²) in [6.07, 6.45) is 1.59. The van der Waals surface area contributed by atoms with Gasteiger partial charge in [-0.15, -0.1) is 0 Å². The number of carbonyl (C=O) groups is 1. The number of methoxy groups -OCH3 is 1. The van der Waals surface area contributed by atoms with Crippen LogP contribution >= 0.6 is 0 Å². The maximum absolute atomic E-state index is 13.4. The molecule has 27 heavy (non-hydrogen) atoms. The van der Waals surface area contributed by atoms with Gasteiger partial charge in [-0.3, -0.25) is 4.79 Å². The molecule has 1 saturated heterocycles. The van der Waals surface area contributed by atoms with Gasteiger partial charge < -0.3 is 14.5 Å². The van der Waals surface area contributed by atoms with Crippen molar-refractivity contribution in [2.75, 3.05) is 20.3 Å². The summed E-state index contributed by atoms with van der Waals surface area (Å²) in [5.74, 6) is 0.773. The Hall–Kier alpha value is -3.10. The lowest BCUT2D eigenvalue weighted by molar-refractivity contribution is 0.0601. The highest BCUT2D eigenvalue weighted by molar-refractivity contribution is 6.20. The van der Waals surface area contributed by atoms with Gasteiger partial charge in [-0.05, 0) is 48.7 Å². The maximum atomic E-state index is 13.4. The van der Waals surface area contributed by atoms with E-state index in [1.165, 1.54) is 0 Å². The zero-order chi connectivity index (χ0) is 18.6. The Kier molecular flexibility index (Phi) is 3.40.